The molecule has 0 aromatic heterocycles. The summed E-state index contributed by atoms with van der Waals surface area (Å²) in [6.07, 6.45) is 4.08. The molecule has 0 spiro atoms. The van der Waals surface area contributed by atoms with E-state index in [1.165, 1.54) is 44.5 Å². The minimum Gasteiger partial charge on any atom is -2.00 e. The van der Waals surface area contributed by atoms with Crippen LogP contribution in [0, 0.1) is 55.4 Å². The van der Waals surface area contributed by atoms with Crippen LogP contribution in [0.4, 0.5) is 22.7 Å². The van der Waals surface area contributed by atoms with Crippen LogP contribution in [0.15, 0.2) is 106 Å². The average molecular weight is 867 g/mol. The summed E-state index contributed by atoms with van der Waals surface area (Å²) in [4.78, 5) is 9.53. The SMILES string of the molecule is CC(/C=C(/C)[N-]c1c(C)cccc1C)=Nc1c(C)cccc1C.CC(/C=C(/C)[N-]c1c(C)cccc1C)=Nc1c(C)cccc1C.[Mo].[Mo].[O-2].[O-2].[O-2].[O-2]. The Morgan fingerprint density at radius 2 is 0.615 bits per heavy atom. The number of aryl methyl sites for hydroxylation is 8. The average Bonchev–Trinajstić information content (AvgIpc) is 2.97. The number of allylic oxidation sites excluding steroid dienone is 4. The molecule has 0 unspecified atom stereocenters. The largest absolute Gasteiger partial charge is 2.00 e. The smallest absolute Gasteiger partial charge is 0.0691 e. The van der Waals surface area contributed by atoms with Gasteiger partial charge in [0.25, 0.3) is 0 Å². The molecule has 0 saturated heterocycles. The van der Waals surface area contributed by atoms with E-state index in [-0.39, 0.29) is 64.0 Å². The van der Waals surface area contributed by atoms with E-state index in [0.717, 1.165) is 45.6 Å². The molecule has 0 aliphatic heterocycles. The van der Waals surface area contributed by atoms with Crippen molar-refractivity contribution in [1.82, 2.24) is 0 Å². The van der Waals surface area contributed by atoms with Crippen molar-refractivity contribution in [2.45, 2.75) is 83.1 Å². The number of rotatable bonds is 8. The fourth-order valence-corrected chi connectivity index (χ4v) is 5.37. The molecule has 0 radical (unpaired) electrons. The van der Waals surface area contributed by atoms with Crippen molar-refractivity contribution in [3.63, 3.8) is 0 Å². The second-order valence-corrected chi connectivity index (χ2v) is 12.3. The molecule has 4 aromatic carbocycles. The minimum atomic E-state index is 0. The topological polar surface area (TPSA) is 167 Å². The Kier molecular flexibility index (Phi) is 28.0. The van der Waals surface area contributed by atoms with E-state index < -0.39 is 0 Å². The first-order valence-corrected chi connectivity index (χ1v) is 15.9. The van der Waals surface area contributed by atoms with Crippen molar-refractivity contribution in [2.75, 3.05) is 0 Å². The second kappa shape index (κ2) is 26.3. The van der Waals surface area contributed by atoms with Crippen molar-refractivity contribution in [3.8, 4) is 0 Å². The van der Waals surface area contributed by atoms with Crippen molar-refractivity contribution in [2.24, 2.45) is 9.98 Å². The van der Waals surface area contributed by atoms with Gasteiger partial charge in [-0.1, -0.05) is 121 Å². The number of benzene rings is 4. The van der Waals surface area contributed by atoms with Crippen LogP contribution in [-0.2, 0) is 64.0 Å². The Morgan fingerprint density at radius 3 is 0.846 bits per heavy atom. The predicted molar refractivity (Wildman–Crippen MR) is 205 cm³/mol. The van der Waals surface area contributed by atoms with E-state index in [1.54, 1.807) is 0 Å². The number of aliphatic imine (C=N–C) groups is 2. The van der Waals surface area contributed by atoms with Crippen molar-refractivity contribution in [1.29, 1.82) is 0 Å². The fourth-order valence-electron chi connectivity index (χ4n) is 5.37. The summed E-state index contributed by atoms with van der Waals surface area (Å²) in [6, 6.07) is 25.0. The van der Waals surface area contributed by atoms with E-state index in [2.05, 4.69) is 128 Å². The summed E-state index contributed by atoms with van der Waals surface area (Å²) in [5, 5.41) is 9.53. The summed E-state index contributed by atoms with van der Waals surface area (Å²) in [6.45, 7) is 24.8. The number of nitrogens with zero attached hydrogens (tertiary/aromatic N) is 4. The van der Waals surface area contributed by atoms with E-state index in [1.807, 2.05) is 39.8 Å². The molecule has 10 heteroatoms. The molecular weight excluding hydrogens is 816 g/mol. The van der Waals surface area contributed by atoms with Gasteiger partial charge in [-0.25, -0.2) is 0 Å². The maximum absolute atomic E-state index is 4.76. The molecule has 0 N–H and O–H groups in total. The van der Waals surface area contributed by atoms with Gasteiger partial charge in [0.15, 0.2) is 0 Å². The molecule has 0 bridgehead atoms. The van der Waals surface area contributed by atoms with Gasteiger partial charge in [0, 0.05) is 53.6 Å². The second-order valence-electron chi connectivity index (χ2n) is 12.3. The van der Waals surface area contributed by atoms with E-state index in [4.69, 9.17) is 20.6 Å². The molecule has 4 rings (SSSR count). The Labute approximate surface area is 340 Å². The molecule has 0 aliphatic carbocycles. The van der Waals surface area contributed by atoms with Crippen LogP contribution < -0.4 is 0 Å². The standard InChI is InChI=1S/2C21H25N2.2Mo.4O/c2*1-14-9-7-10-15(2)20(14)22-18(5)13-19(6)23-21-16(3)11-8-12-17(21)4;;;;;;/h2*7-13H,1-6H3;;;;;;/q2*-1;;;4*-2/b2*18-13-,23-19?;;;;;;. The molecule has 0 amide bonds. The van der Waals surface area contributed by atoms with Gasteiger partial charge >= 0.3 is 0 Å². The predicted octanol–water partition coefficient (Wildman–Crippen LogP) is 12.8. The molecule has 0 atom stereocenters. The summed E-state index contributed by atoms with van der Waals surface area (Å²) in [7, 11) is 0. The van der Waals surface area contributed by atoms with Gasteiger partial charge < -0.3 is 32.5 Å². The Bertz CT molecular complexity index is 1620. The van der Waals surface area contributed by atoms with Gasteiger partial charge in [0.2, 0.25) is 0 Å². The zero-order chi connectivity index (χ0) is 34.0. The molecular formula is C42H50Mo2N4O4-10. The number of para-hydroxylation sites is 4. The maximum Gasteiger partial charge on any atom is 0.0691 e. The third kappa shape index (κ3) is 16.5. The van der Waals surface area contributed by atoms with Gasteiger partial charge in [0.05, 0.1) is 11.4 Å². The zero-order valence-electron chi connectivity index (χ0n) is 32.3. The Balaban J connectivity index is -0.000000397. The van der Waals surface area contributed by atoms with Gasteiger partial charge in [-0.15, -0.1) is 11.4 Å². The Hall–Kier alpha value is -3.48. The van der Waals surface area contributed by atoms with Gasteiger partial charge in [-0.05, 0) is 91.5 Å². The third-order valence-corrected chi connectivity index (χ3v) is 7.75. The first-order chi connectivity index (χ1) is 21.8. The van der Waals surface area contributed by atoms with Crippen LogP contribution in [0.5, 0.6) is 0 Å². The molecule has 4 aromatic rings. The first-order valence-electron chi connectivity index (χ1n) is 15.9. The van der Waals surface area contributed by atoms with Crippen LogP contribution >= 0.6 is 0 Å². The van der Waals surface area contributed by atoms with Crippen molar-refractivity contribution < 1.29 is 64.0 Å². The summed E-state index contributed by atoms with van der Waals surface area (Å²) in [5.74, 6) is 0. The third-order valence-electron chi connectivity index (χ3n) is 7.75. The van der Waals surface area contributed by atoms with Crippen LogP contribution in [0.3, 0.4) is 0 Å². The first kappa shape index (κ1) is 55.3. The van der Waals surface area contributed by atoms with E-state index in [0.29, 0.717) is 0 Å². The van der Waals surface area contributed by atoms with E-state index >= 15 is 0 Å². The van der Waals surface area contributed by atoms with Crippen molar-refractivity contribution in [3.05, 3.63) is 151 Å². The van der Waals surface area contributed by atoms with E-state index in [9.17, 15) is 0 Å². The monoisotopic (exact) mass is 870 g/mol. The molecule has 0 heterocycles. The minimum absolute atomic E-state index is 0. The number of hydrogen-bond donors (Lipinski definition) is 0. The summed E-state index contributed by atoms with van der Waals surface area (Å²) < 4.78 is 0. The normalized spacial score (nSPS) is 11.0. The Morgan fingerprint density at radius 1 is 0.404 bits per heavy atom. The quantitative estimate of drug-likeness (QED) is 0.122. The van der Waals surface area contributed by atoms with Gasteiger partial charge in [-0.2, -0.15) is 11.4 Å². The zero-order valence-corrected chi connectivity index (χ0v) is 36.3. The summed E-state index contributed by atoms with van der Waals surface area (Å²) in [5.41, 5.74) is 17.7. The van der Waals surface area contributed by atoms with Gasteiger partial charge in [-0.3, -0.25) is 9.98 Å². The molecule has 0 saturated carbocycles. The van der Waals surface area contributed by atoms with Crippen LogP contribution in [0.25, 0.3) is 10.6 Å². The van der Waals surface area contributed by atoms with Crippen LogP contribution in [-0.4, -0.2) is 11.4 Å². The molecule has 0 aliphatic rings. The molecule has 8 nitrogen and oxygen atoms in total. The molecule has 52 heavy (non-hydrogen) atoms. The maximum atomic E-state index is 4.76. The molecule has 284 valence electrons. The van der Waals surface area contributed by atoms with Crippen LogP contribution in [0.2, 0.25) is 0 Å². The number of hydrogen-bond acceptors (Lipinski definition) is 2. The van der Waals surface area contributed by atoms with Crippen LogP contribution in [0.1, 0.15) is 72.2 Å². The summed E-state index contributed by atoms with van der Waals surface area (Å²) >= 11 is 0. The van der Waals surface area contributed by atoms with Crippen molar-refractivity contribution >= 4 is 34.2 Å². The molecule has 0 fully saturated rings. The van der Waals surface area contributed by atoms with Gasteiger partial charge in [0.1, 0.15) is 0 Å². The fraction of sp³-hybridized carbons (Fsp3) is 0.286.